The second-order valence-corrected chi connectivity index (χ2v) is 4.77. The normalized spacial score (nSPS) is 13.8. The predicted molar refractivity (Wildman–Crippen MR) is 45.5 cm³/mol. The van der Waals surface area contributed by atoms with E-state index in [1.54, 1.807) is 0 Å². The lowest BCUT2D eigenvalue weighted by Gasteiger charge is -2.31. The van der Waals surface area contributed by atoms with E-state index in [9.17, 15) is 0 Å². The summed E-state index contributed by atoms with van der Waals surface area (Å²) < 4.78 is 0. The summed E-state index contributed by atoms with van der Waals surface area (Å²) in [5, 5.41) is 0. The van der Waals surface area contributed by atoms with Crippen molar-refractivity contribution in [1.82, 2.24) is 5.43 Å². The highest BCUT2D eigenvalue weighted by Crippen LogP contribution is 2.25. The van der Waals surface area contributed by atoms with Crippen molar-refractivity contribution in [2.45, 2.75) is 46.6 Å². The molecule has 0 spiro atoms. The van der Waals surface area contributed by atoms with E-state index in [1.807, 2.05) is 0 Å². The van der Waals surface area contributed by atoms with E-state index in [0.717, 1.165) is 6.42 Å². The van der Waals surface area contributed by atoms with Crippen LogP contribution in [-0.2, 0) is 0 Å². The van der Waals surface area contributed by atoms with Crippen LogP contribution in [0.15, 0.2) is 0 Å². The first-order valence-electron chi connectivity index (χ1n) is 3.75. The summed E-state index contributed by atoms with van der Waals surface area (Å²) in [5.74, 6) is 5.36. The Morgan fingerprint density at radius 2 is 1.50 bits per heavy atom. The summed E-state index contributed by atoms with van der Waals surface area (Å²) in [4.78, 5) is 0. The molecule has 0 aromatic rings. The van der Waals surface area contributed by atoms with Crippen LogP contribution in [0, 0.1) is 5.41 Å². The van der Waals surface area contributed by atoms with Crippen molar-refractivity contribution in [1.29, 1.82) is 0 Å². The van der Waals surface area contributed by atoms with Gasteiger partial charge in [-0.2, -0.15) is 0 Å². The van der Waals surface area contributed by atoms with Gasteiger partial charge in [-0.05, 0) is 25.7 Å². The lowest BCUT2D eigenvalue weighted by atomic mass is 9.82. The summed E-state index contributed by atoms with van der Waals surface area (Å²) >= 11 is 0. The maximum atomic E-state index is 5.36. The fourth-order valence-electron chi connectivity index (χ4n) is 1.38. The van der Waals surface area contributed by atoms with E-state index in [4.69, 9.17) is 5.84 Å². The van der Waals surface area contributed by atoms with E-state index in [0.29, 0.717) is 5.41 Å². The van der Waals surface area contributed by atoms with Gasteiger partial charge in [0.1, 0.15) is 0 Å². The fourth-order valence-corrected chi connectivity index (χ4v) is 1.38. The smallest absolute Gasteiger partial charge is 0.0270 e. The van der Waals surface area contributed by atoms with Gasteiger partial charge in [-0.1, -0.05) is 20.8 Å². The first kappa shape index (κ1) is 9.92. The standard InChI is InChI=1S/C8H20N2/c1-7(2,3)6-8(4,5)10-9/h10H,6,9H2,1-5H3. The summed E-state index contributed by atoms with van der Waals surface area (Å²) in [6.45, 7) is 10.9. The molecule has 0 heterocycles. The highest BCUT2D eigenvalue weighted by Gasteiger charge is 2.23. The highest BCUT2D eigenvalue weighted by atomic mass is 15.3. The van der Waals surface area contributed by atoms with Gasteiger partial charge in [-0.3, -0.25) is 11.3 Å². The van der Waals surface area contributed by atoms with E-state index < -0.39 is 0 Å². The van der Waals surface area contributed by atoms with E-state index in [2.05, 4.69) is 40.0 Å². The maximum absolute atomic E-state index is 5.36. The van der Waals surface area contributed by atoms with Gasteiger partial charge in [0, 0.05) is 5.54 Å². The van der Waals surface area contributed by atoms with Crippen molar-refractivity contribution in [3.8, 4) is 0 Å². The first-order chi connectivity index (χ1) is 4.27. The average molecular weight is 144 g/mol. The van der Waals surface area contributed by atoms with E-state index >= 15 is 0 Å². The fraction of sp³-hybridized carbons (Fsp3) is 1.00. The topological polar surface area (TPSA) is 38.0 Å². The van der Waals surface area contributed by atoms with E-state index in [-0.39, 0.29) is 5.54 Å². The van der Waals surface area contributed by atoms with Crippen molar-refractivity contribution in [2.24, 2.45) is 11.3 Å². The molecule has 0 rings (SSSR count). The predicted octanol–water partition coefficient (Wildman–Crippen LogP) is 1.66. The zero-order chi connectivity index (χ0) is 8.41. The molecule has 0 saturated carbocycles. The highest BCUT2D eigenvalue weighted by molar-refractivity contribution is 4.80. The Bertz CT molecular complexity index is 100. The molecule has 0 fully saturated rings. The van der Waals surface area contributed by atoms with Crippen LogP contribution in [0.1, 0.15) is 41.0 Å². The quantitative estimate of drug-likeness (QED) is 0.457. The monoisotopic (exact) mass is 144 g/mol. The number of hydrogen-bond donors (Lipinski definition) is 2. The zero-order valence-corrected chi connectivity index (χ0v) is 7.78. The third-order valence-corrected chi connectivity index (χ3v) is 1.36. The molecular formula is C8H20N2. The van der Waals surface area contributed by atoms with Gasteiger partial charge >= 0.3 is 0 Å². The lowest BCUT2D eigenvalue weighted by molar-refractivity contribution is 0.244. The van der Waals surface area contributed by atoms with Crippen LogP contribution in [0.2, 0.25) is 0 Å². The second-order valence-electron chi connectivity index (χ2n) is 4.77. The molecule has 2 heteroatoms. The van der Waals surface area contributed by atoms with Gasteiger partial charge in [0.25, 0.3) is 0 Å². The molecule has 0 aromatic heterocycles. The minimum Gasteiger partial charge on any atom is -0.271 e. The van der Waals surface area contributed by atoms with Gasteiger partial charge in [0.15, 0.2) is 0 Å². The molecule has 3 N–H and O–H groups in total. The molecule has 0 aliphatic rings. The third kappa shape index (κ3) is 4.77. The Morgan fingerprint density at radius 3 is 1.60 bits per heavy atom. The van der Waals surface area contributed by atoms with Gasteiger partial charge in [0.2, 0.25) is 0 Å². The van der Waals surface area contributed by atoms with Gasteiger partial charge < -0.3 is 0 Å². The largest absolute Gasteiger partial charge is 0.271 e. The zero-order valence-electron chi connectivity index (χ0n) is 7.78. The number of hydrogen-bond acceptors (Lipinski definition) is 2. The van der Waals surface area contributed by atoms with Crippen molar-refractivity contribution in [2.75, 3.05) is 0 Å². The Kier molecular flexibility index (Phi) is 2.86. The van der Waals surface area contributed by atoms with Crippen LogP contribution in [0.3, 0.4) is 0 Å². The average Bonchev–Trinajstić information content (AvgIpc) is 1.60. The molecule has 0 radical (unpaired) electrons. The first-order valence-corrected chi connectivity index (χ1v) is 3.75. The molecule has 0 amide bonds. The third-order valence-electron chi connectivity index (χ3n) is 1.36. The number of hydrazine groups is 1. The van der Waals surface area contributed by atoms with Gasteiger partial charge in [-0.15, -0.1) is 0 Å². The van der Waals surface area contributed by atoms with Gasteiger partial charge in [-0.25, -0.2) is 0 Å². The summed E-state index contributed by atoms with van der Waals surface area (Å²) in [6.07, 6.45) is 1.08. The Labute approximate surface area is 64.2 Å². The molecule has 10 heavy (non-hydrogen) atoms. The van der Waals surface area contributed by atoms with Crippen LogP contribution in [-0.4, -0.2) is 5.54 Å². The lowest BCUT2D eigenvalue weighted by Crippen LogP contribution is -2.46. The summed E-state index contributed by atoms with van der Waals surface area (Å²) in [5.41, 5.74) is 3.19. The summed E-state index contributed by atoms with van der Waals surface area (Å²) in [7, 11) is 0. The molecule has 62 valence electrons. The molecule has 0 unspecified atom stereocenters. The second kappa shape index (κ2) is 2.89. The molecule has 0 atom stereocenters. The molecule has 0 aromatic carbocycles. The van der Waals surface area contributed by atoms with Crippen LogP contribution < -0.4 is 11.3 Å². The molecule has 2 nitrogen and oxygen atoms in total. The molecule has 0 bridgehead atoms. The molecule has 0 aliphatic heterocycles. The van der Waals surface area contributed by atoms with E-state index in [1.165, 1.54) is 0 Å². The van der Waals surface area contributed by atoms with Crippen molar-refractivity contribution in [3.05, 3.63) is 0 Å². The minimum atomic E-state index is 0.0538. The number of nitrogens with two attached hydrogens (primary N) is 1. The Morgan fingerprint density at radius 1 is 1.10 bits per heavy atom. The number of nitrogens with one attached hydrogen (secondary N) is 1. The number of rotatable bonds is 2. The van der Waals surface area contributed by atoms with Gasteiger partial charge in [0.05, 0.1) is 0 Å². The van der Waals surface area contributed by atoms with Crippen molar-refractivity contribution < 1.29 is 0 Å². The molecule has 0 saturated heterocycles. The van der Waals surface area contributed by atoms with Crippen LogP contribution in [0.25, 0.3) is 0 Å². The van der Waals surface area contributed by atoms with Crippen LogP contribution in [0.4, 0.5) is 0 Å². The minimum absolute atomic E-state index is 0.0538. The maximum Gasteiger partial charge on any atom is 0.0270 e. The van der Waals surface area contributed by atoms with Crippen LogP contribution >= 0.6 is 0 Å². The SMILES string of the molecule is CC(C)(C)CC(C)(C)NN. The summed E-state index contributed by atoms with van der Waals surface area (Å²) in [6, 6.07) is 0. The van der Waals surface area contributed by atoms with Crippen LogP contribution in [0.5, 0.6) is 0 Å². The van der Waals surface area contributed by atoms with Crippen molar-refractivity contribution >= 4 is 0 Å². The molecular weight excluding hydrogens is 124 g/mol. The Hall–Kier alpha value is -0.0800. The Balaban J connectivity index is 3.89. The van der Waals surface area contributed by atoms with Crippen molar-refractivity contribution in [3.63, 3.8) is 0 Å². The molecule has 0 aliphatic carbocycles.